The number of esters is 1. The lowest BCUT2D eigenvalue weighted by Crippen LogP contribution is -2.35. The molecule has 0 amide bonds. The molecule has 0 aromatic carbocycles. The van der Waals surface area contributed by atoms with E-state index in [4.69, 9.17) is 0 Å². The van der Waals surface area contributed by atoms with Gasteiger partial charge in [-0.25, -0.2) is 12.7 Å². The van der Waals surface area contributed by atoms with Crippen LogP contribution in [0.5, 0.6) is 0 Å². The van der Waals surface area contributed by atoms with E-state index in [-0.39, 0.29) is 0 Å². The summed E-state index contributed by atoms with van der Waals surface area (Å²) in [5, 5.41) is 3.02. The lowest BCUT2D eigenvalue weighted by Gasteiger charge is -2.15. The van der Waals surface area contributed by atoms with Crippen LogP contribution in [0.25, 0.3) is 0 Å². The summed E-state index contributed by atoms with van der Waals surface area (Å²) in [6.07, 6.45) is 0.835. The van der Waals surface area contributed by atoms with Crippen molar-refractivity contribution in [3.63, 3.8) is 0 Å². The van der Waals surface area contributed by atoms with Crippen molar-refractivity contribution in [3.05, 3.63) is 0 Å². The van der Waals surface area contributed by atoms with Crippen molar-refractivity contribution < 1.29 is 17.9 Å². The third-order valence-electron chi connectivity index (χ3n) is 2.66. The maximum atomic E-state index is 11.8. The number of carbonyl (C=O) groups is 1. The number of ether oxygens (including phenoxy) is 1. The van der Waals surface area contributed by atoms with Gasteiger partial charge in [0, 0.05) is 13.1 Å². The highest BCUT2D eigenvalue weighted by atomic mass is 32.2. The summed E-state index contributed by atoms with van der Waals surface area (Å²) >= 11 is 0. The smallest absolute Gasteiger partial charge is 0.322 e. The van der Waals surface area contributed by atoms with E-state index < -0.39 is 21.7 Å². The van der Waals surface area contributed by atoms with Gasteiger partial charge in [-0.1, -0.05) is 0 Å². The van der Waals surface area contributed by atoms with Crippen molar-refractivity contribution in [2.75, 3.05) is 39.5 Å². The molecule has 1 fully saturated rings. The molecule has 0 radical (unpaired) electrons. The van der Waals surface area contributed by atoms with E-state index in [1.165, 1.54) is 11.4 Å². The Balaban J connectivity index is 2.55. The molecule has 7 heteroatoms. The Hall–Kier alpha value is -0.660. The summed E-state index contributed by atoms with van der Waals surface area (Å²) in [7, 11) is -0.467. The van der Waals surface area contributed by atoms with Crippen molar-refractivity contribution in [2.24, 2.45) is 5.92 Å². The van der Waals surface area contributed by atoms with Crippen LogP contribution in [0.15, 0.2) is 0 Å². The van der Waals surface area contributed by atoms with Crippen LogP contribution >= 0.6 is 0 Å². The zero-order valence-corrected chi connectivity index (χ0v) is 10.4. The van der Waals surface area contributed by atoms with Gasteiger partial charge in [0.1, 0.15) is 0 Å². The molecular formula is C9H18N2O4S. The van der Waals surface area contributed by atoms with Gasteiger partial charge >= 0.3 is 5.97 Å². The number of hydrogen-bond donors (Lipinski definition) is 1. The van der Waals surface area contributed by atoms with Gasteiger partial charge in [0.25, 0.3) is 0 Å². The normalized spacial score (nSPS) is 22.2. The van der Waals surface area contributed by atoms with Crippen molar-refractivity contribution in [1.29, 1.82) is 0 Å². The lowest BCUT2D eigenvalue weighted by molar-refractivity contribution is -0.137. The molecule has 1 heterocycles. The van der Waals surface area contributed by atoms with Crippen LogP contribution in [0.4, 0.5) is 0 Å². The van der Waals surface area contributed by atoms with E-state index in [1.54, 1.807) is 0 Å². The Bertz CT molecular complexity index is 341. The Labute approximate surface area is 96.0 Å². The zero-order valence-electron chi connectivity index (χ0n) is 9.60. The van der Waals surface area contributed by atoms with Gasteiger partial charge in [-0.2, -0.15) is 0 Å². The summed E-state index contributed by atoms with van der Waals surface area (Å²) in [6, 6.07) is 0. The standard InChI is InChI=1S/C9H18N2O4S/c1-10-5-8-3-4-11(6-8)16(13,14)7-9(12)15-2/h8,10H,3-7H2,1-2H3. The molecule has 1 atom stereocenters. The van der Waals surface area contributed by atoms with Crippen LogP contribution in [0.2, 0.25) is 0 Å². The number of rotatable bonds is 5. The SMILES string of the molecule is CNCC1CCN(S(=O)(=O)CC(=O)OC)C1. The van der Waals surface area contributed by atoms with Gasteiger partial charge in [-0.15, -0.1) is 0 Å². The molecule has 94 valence electrons. The predicted octanol–water partition coefficient (Wildman–Crippen LogP) is -0.969. The third kappa shape index (κ3) is 3.43. The Morgan fingerprint density at radius 3 is 2.81 bits per heavy atom. The minimum atomic E-state index is -3.49. The number of hydrogen-bond acceptors (Lipinski definition) is 5. The van der Waals surface area contributed by atoms with Crippen molar-refractivity contribution in [3.8, 4) is 0 Å². The van der Waals surface area contributed by atoms with Crippen LogP contribution in [-0.4, -0.2) is 58.2 Å². The van der Waals surface area contributed by atoms with Gasteiger partial charge in [-0.05, 0) is 25.9 Å². The average molecular weight is 250 g/mol. The molecule has 16 heavy (non-hydrogen) atoms. The molecule has 1 aliphatic rings. The second kappa shape index (κ2) is 5.60. The lowest BCUT2D eigenvalue weighted by atomic mass is 10.1. The summed E-state index contributed by atoms with van der Waals surface area (Å²) in [5.41, 5.74) is 0. The number of nitrogens with zero attached hydrogens (tertiary/aromatic N) is 1. The topological polar surface area (TPSA) is 75.7 Å². The Morgan fingerprint density at radius 2 is 2.25 bits per heavy atom. The highest BCUT2D eigenvalue weighted by Gasteiger charge is 2.32. The van der Waals surface area contributed by atoms with E-state index in [1.807, 2.05) is 7.05 Å². The fraction of sp³-hybridized carbons (Fsp3) is 0.889. The average Bonchev–Trinajstić information content (AvgIpc) is 2.67. The molecule has 0 bridgehead atoms. The number of carbonyl (C=O) groups excluding carboxylic acids is 1. The predicted molar refractivity (Wildman–Crippen MR) is 59.4 cm³/mol. The molecule has 1 unspecified atom stereocenters. The zero-order chi connectivity index (χ0) is 12.2. The quantitative estimate of drug-likeness (QED) is 0.635. The van der Waals surface area contributed by atoms with Gasteiger partial charge in [-0.3, -0.25) is 4.79 Å². The summed E-state index contributed by atoms with van der Waals surface area (Å²) < 4.78 is 29.2. The van der Waals surface area contributed by atoms with Crippen LogP contribution < -0.4 is 5.32 Å². The van der Waals surface area contributed by atoms with Gasteiger partial charge in [0.2, 0.25) is 10.0 Å². The molecule has 1 rings (SSSR count). The van der Waals surface area contributed by atoms with Crippen LogP contribution in [0, 0.1) is 5.92 Å². The van der Waals surface area contributed by atoms with Crippen molar-refractivity contribution in [1.82, 2.24) is 9.62 Å². The van der Waals surface area contributed by atoms with Crippen LogP contribution in [-0.2, 0) is 19.6 Å². The number of sulfonamides is 1. The molecular weight excluding hydrogens is 232 g/mol. The summed E-state index contributed by atoms with van der Waals surface area (Å²) in [5.74, 6) is -0.940. The highest BCUT2D eigenvalue weighted by Crippen LogP contribution is 2.19. The molecule has 0 aliphatic carbocycles. The Kier molecular flexibility index (Phi) is 4.69. The fourth-order valence-corrected chi connectivity index (χ4v) is 3.22. The first-order chi connectivity index (χ1) is 7.49. The number of nitrogens with one attached hydrogen (secondary N) is 1. The van der Waals surface area contributed by atoms with Gasteiger partial charge in [0.15, 0.2) is 5.75 Å². The van der Waals surface area contributed by atoms with Crippen LogP contribution in [0.1, 0.15) is 6.42 Å². The van der Waals surface area contributed by atoms with E-state index in [9.17, 15) is 13.2 Å². The third-order valence-corrected chi connectivity index (χ3v) is 4.38. The molecule has 0 aromatic heterocycles. The van der Waals surface area contributed by atoms with Crippen LogP contribution in [0.3, 0.4) is 0 Å². The second-order valence-corrected chi connectivity index (χ2v) is 5.87. The molecule has 0 aromatic rings. The van der Waals surface area contributed by atoms with Crippen molar-refractivity contribution >= 4 is 16.0 Å². The largest absolute Gasteiger partial charge is 0.468 e. The van der Waals surface area contributed by atoms with E-state index >= 15 is 0 Å². The van der Waals surface area contributed by atoms with E-state index in [0.717, 1.165) is 13.0 Å². The highest BCUT2D eigenvalue weighted by molar-refractivity contribution is 7.89. The molecule has 0 spiro atoms. The maximum Gasteiger partial charge on any atom is 0.322 e. The first-order valence-corrected chi connectivity index (χ1v) is 6.79. The molecule has 1 aliphatic heterocycles. The molecule has 1 saturated heterocycles. The first kappa shape index (κ1) is 13.4. The maximum absolute atomic E-state index is 11.8. The minimum absolute atomic E-state index is 0.331. The van der Waals surface area contributed by atoms with Gasteiger partial charge < -0.3 is 10.1 Å². The number of methoxy groups -OCH3 is 1. The fourth-order valence-electron chi connectivity index (χ4n) is 1.80. The minimum Gasteiger partial charge on any atom is -0.468 e. The first-order valence-electron chi connectivity index (χ1n) is 5.19. The molecule has 6 nitrogen and oxygen atoms in total. The monoisotopic (exact) mass is 250 g/mol. The second-order valence-electron chi connectivity index (χ2n) is 3.90. The molecule has 0 saturated carbocycles. The summed E-state index contributed by atoms with van der Waals surface area (Å²) in [4.78, 5) is 11.0. The van der Waals surface area contributed by atoms with E-state index in [0.29, 0.717) is 19.0 Å². The van der Waals surface area contributed by atoms with Crippen molar-refractivity contribution in [2.45, 2.75) is 6.42 Å². The van der Waals surface area contributed by atoms with Gasteiger partial charge in [0.05, 0.1) is 7.11 Å². The summed E-state index contributed by atoms with van der Waals surface area (Å²) in [6.45, 7) is 1.77. The Morgan fingerprint density at radius 1 is 1.56 bits per heavy atom. The molecule has 1 N–H and O–H groups in total. The van der Waals surface area contributed by atoms with E-state index in [2.05, 4.69) is 10.1 Å².